The Morgan fingerprint density at radius 3 is 2.40 bits per heavy atom. The molecule has 0 fully saturated rings. The van der Waals surface area contributed by atoms with Crippen LogP contribution in [0.5, 0.6) is 0 Å². The van der Waals surface area contributed by atoms with Crippen molar-refractivity contribution in [3.8, 4) is 0 Å². The second kappa shape index (κ2) is 5.27. The van der Waals surface area contributed by atoms with Gasteiger partial charge in [-0.25, -0.2) is 0 Å². The van der Waals surface area contributed by atoms with E-state index in [4.69, 9.17) is 0 Å². The minimum absolute atomic E-state index is 0.0397. The fourth-order valence-corrected chi connectivity index (χ4v) is 2.45. The highest BCUT2D eigenvalue weighted by Crippen LogP contribution is 2.34. The molecule has 0 spiro atoms. The van der Waals surface area contributed by atoms with Crippen LogP contribution in [0.1, 0.15) is 0 Å². The molecule has 1 N–H and O–H groups in total. The summed E-state index contributed by atoms with van der Waals surface area (Å²) in [5, 5.41) is 13.6. The summed E-state index contributed by atoms with van der Waals surface area (Å²) in [4.78, 5) is 10.1. The molecule has 6 heteroatoms. The third-order valence-corrected chi connectivity index (χ3v) is 2.91. The van der Waals surface area contributed by atoms with E-state index >= 15 is 0 Å². The Balaban J connectivity index is 3.09. The quantitative estimate of drug-likeness (QED) is 0.518. The lowest BCUT2D eigenvalue weighted by atomic mass is 10.3. The van der Waals surface area contributed by atoms with Crippen molar-refractivity contribution in [1.82, 2.24) is 0 Å². The number of anilines is 1. The standard InChI is InChI=1S/C9H8Br2N2O2/c1-2-3-12-9-7(10)4-6(13(14)15)5-8(9)11/h2,4-5,12H,1,3H2. The van der Waals surface area contributed by atoms with Gasteiger partial charge in [0.05, 0.1) is 10.6 Å². The van der Waals surface area contributed by atoms with Crippen molar-refractivity contribution in [2.75, 3.05) is 11.9 Å². The number of nitrogens with one attached hydrogen (secondary N) is 1. The molecule has 80 valence electrons. The third kappa shape index (κ3) is 3.04. The minimum Gasteiger partial charge on any atom is -0.380 e. The van der Waals surface area contributed by atoms with Gasteiger partial charge in [0.1, 0.15) is 0 Å². The zero-order valence-electron chi connectivity index (χ0n) is 7.67. The molecule has 0 aliphatic heterocycles. The smallest absolute Gasteiger partial charge is 0.271 e. The highest BCUT2D eigenvalue weighted by molar-refractivity contribution is 9.11. The highest BCUT2D eigenvalue weighted by atomic mass is 79.9. The second-order valence-electron chi connectivity index (χ2n) is 2.71. The number of non-ortho nitro benzene ring substituents is 1. The molecule has 0 saturated heterocycles. The Morgan fingerprint density at radius 2 is 2.00 bits per heavy atom. The van der Waals surface area contributed by atoms with E-state index in [1.54, 1.807) is 6.08 Å². The van der Waals surface area contributed by atoms with Gasteiger partial charge in [0.25, 0.3) is 5.69 Å². The van der Waals surface area contributed by atoms with E-state index < -0.39 is 4.92 Å². The minimum atomic E-state index is -0.438. The van der Waals surface area contributed by atoms with Gasteiger partial charge in [0.2, 0.25) is 0 Å². The van der Waals surface area contributed by atoms with Gasteiger partial charge in [0, 0.05) is 27.6 Å². The SMILES string of the molecule is C=CCNc1c(Br)cc([N+](=O)[O-])cc1Br. The average molecular weight is 336 g/mol. The maximum Gasteiger partial charge on any atom is 0.271 e. The molecular formula is C9H8Br2N2O2. The fourth-order valence-electron chi connectivity index (χ4n) is 1.01. The number of rotatable bonds is 4. The van der Waals surface area contributed by atoms with Crippen molar-refractivity contribution in [1.29, 1.82) is 0 Å². The van der Waals surface area contributed by atoms with Gasteiger partial charge >= 0.3 is 0 Å². The van der Waals surface area contributed by atoms with E-state index in [1.165, 1.54) is 12.1 Å². The lowest BCUT2D eigenvalue weighted by Crippen LogP contribution is -2.00. The van der Waals surface area contributed by atoms with Gasteiger partial charge in [-0.2, -0.15) is 0 Å². The van der Waals surface area contributed by atoms with E-state index in [0.29, 0.717) is 15.5 Å². The van der Waals surface area contributed by atoms with Crippen LogP contribution in [0.25, 0.3) is 0 Å². The summed E-state index contributed by atoms with van der Waals surface area (Å²) >= 11 is 6.53. The van der Waals surface area contributed by atoms with Crippen molar-refractivity contribution >= 4 is 43.2 Å². The number of nitrogens with zero attached hydrogens (tertiary/aromatic N) is 1. The summed E-state index contributed by atoms with van der Waals surface area (Å²) in [6.07, 6.45) is 1.71. The zero-order chi connectivity index (χ0) is 11.4. The van der Waals surface area contributed by atoms with Crippen LogP contribution in [-0.2, 0) is 0 Å². The van der Waals surface area contributed by atoms with Gasteiger partial charge in [-0.3, -0.25) is 10.1 Å². The molecular weight excluding hydrogens is 328 g/mol. The van der Waals surface area contributed by atoms with E-state index in [1.807, 2.05) is 0 Å². The van der Waals surface area contributed by atoms with Crippen LogP contribution in [0.4, 0.5) is 11.4 Å². The lowest BCUT2D eigenvalue weighted by Gasteiger charge is -2.08. The van der Waals surface area contributed by atoms with Crippen molar-refractivity contribution in [3.05, 3.63) is 43.8 Å². The van der Waals surface area contributed by atoms with Crippen molar-refractivity contribution in [3.63, 3.8) is 0 Å². The molecule has 0 amide bonds. The molecule has 0 aliphatic carbocycles. The normalized spacial score (nSPS) is 9.73. The number of benzene rings is 1. The molecule has 4 nitrogen and oxygen atoms in total. The average Bonchev–Trinajstić information content (AvgIpc) is 2.16. The summed E-state index contributed by atoms with van der Waals surface area (Å²) in [6.45, 7) is 4.17. The Kier molecular flexibility index (Phi) is 4.28. The first-order valence-corrected chi connectivity index (χ1v) is 5.63. The Hall–Kier alpha value is -0.880. The maximum absolute atomic E-state index is 10.6. The summed E-state index contributed by atoms with van der Waals surface area (Å²) in [7, 11) is 0. The maximum atomic E-state index is 10.6. The molecule has 0 atom stereocenters. The molecule has 0 heterocycles. The molecule has 0 aliphatic rings. The first kappa shape index (κ1) is 12.2. The molecule has 0 aromatic heterocycles. The molecule has 0 saturated carbocycles. The molecule has 1 rings (SSSR count). The molecule has 0 radical (unpaired) electrons. The lowest BCUT2D eigenvalue weighted by molar-refractivity contribution is -0.385. The number of hydrogen-bond donors (Lipinski definition) is 1. The van der Waals surface area contributed by atoms with Crippen molar-refractivity contribution in [2.24, 2.45) is 0 Å². The Bertz CT molecular complexity index is 384. The van der Waals surface area contributed by atoms with E-state index in [2.05, 4.69) is 43.8 Å². The van der Waals surface area contributed by atoms with E-state index in [-0.39, 0.29) is 5.69 Å². The number of nitro groups is 1. The number of nitro benzene ring substituents is 1. The van der Waals surface area contributed by atoms with Crippen LogP contribution >= 0.6 is 31.9 Å². The summed E-state index contributed by atoms with van der Waals surface area (Å²) in [5.74, 6) is 0. The molecule has 0 unspecified atom stereocenters. The summed E-state index contributed by atoms with van der Waals surface area (Å²) in [5.41, 5.74) is 0.818. The predicted octanol–water partition coefficient (Wildman–Crippen LogP) is 3.72. The number of halogens is 2. The Labute approximate surface area is 104 Å². The van der Waals surface area contributed by atoms with Crippen molar-refractivity contribution < 1.29 is 4.92 Å². The molecule has 0 bridgehead atoms. The van der Waals surface area contributed by atoms with Crippen LogP contribution in [0, 0.1) is 10.1 Å². The molecule has 15 heavy (non-hydrogen) atoms. The highest BCUT2D eigenvalue weighted by Gasteiger charge is 2.12. The largest absolute Gasteiger partial charge is 0.380 e. The first-order valence-electron chi connectivity index (χ1n) is 4.04. The predicted molar refractivity (Wildman–Crippen MR) is 67.2 cm³/mol. The van der Waals surface area contributed by atoms with Crippen LogP contribution in [0.15, 0.2) is 33.7 Å². The summed E-state index contributed by atoms with van der Waals surface area (Å²) < 4.78 is 1.29. The van der Waals surface area contributed by atoms with Gasteiger partial charge in [-0.05, 0) is 31.9 Å². The monoisotopic (exact) mass is 334 g/mol. The van der Waals surface area contributed by atoms with Crippen molar-refractivity contribution in [2.45, 2.75) is 0 Å². The van der Waals surface area contributed by atoms with Crippen LogP contribution in [-0.4, -0.2) is 11.5 Å². The van der Waals surface area contributed by atoms with Crippen LogP contribution in [0.3, 0.4) is 0 Å². The van der Waals surface area contributed by atoms with Gasteiger partial charge in [-0.15, -0.1) is 6.58 Å². The van der Waals surface area contributed by atoms with E-state index in [0.717, 1.165) is 5.69 Å². The third-order valence-electron chi connectivity index (χ3n) is 1.66. The second-order valence-corrected chi connectivity index (χ2v) is 4.42. The molecule has 1 aromatic rings. The summed E-state index contributed by atoms with van der Waals surface area (Å²) in [6, 6.07) is 2.91. The number of hydrogen-bond acceptors (Lipinski definition) is 3. The van der Waals surface area contributed by atoms with Gasteiger partial charge < -0.3 is 5.32 Å². The van der Waals surface area contributed by atoms with E-state index in [9.17, 15) is 10.1 Å². The molecule has 1 aromatic carbocycles. The Morgan fingerprint density at radius 1 is 1.47 bits per heavy atom. The van der Waals surface area contributed by atoms with Gasteiger partial charge in [-0.1, -0.05) is 6.08 Å². The van der Waals surface area contributed by atoms with Crippen LogP contribution in [0.2, 0.25) is 0 Å². The van der Waals surface area contributed by atoms with Crippen LogP contribution < -0.4 is 5.32 Å². The van der Waals surface area contributed by atoms with Gasteiger partial charge in [0.15, 0.2) is 0 Å². The fraction of sp³-hybridized carbons (Fsp3) is 0.111. The zero-order valence-corrected chi connectivity index (χ0v) is 10.8. The first-order chi connectivity index (χ1) is 7.06. The topological polar surface area (TPSA) is 55.2 Å².